The molecule has 0 radical (unpaired) electrons. The Kier molecular flexibility index (Phi) is 2.77. The molecule has 7 heteroatoms. The summed E-state index contributed by atoms with van der Waals surface area (Å²) in [7, 11) is 0. The average Bonchev–Trinajstić information content (AvgIpc) is 2.34. The molecule has 1 aromatic rings. The van der Waals surface area contributed by atoms with Gasteiger partial charge in [-0.25, -0.2) is 9.48 Å². The summed E-state index contributed by atoms with van der Waals surface area (Å²) in [5, 5.41) is 24.0. The van der Waals surface area contributed by atoms with Crippen molar-refractivity contribution in [3.63, 3.8) is 0 Å². The number of aromatic nitrogens is 3. The van der Waals surface area contributed by atoms with E-state index < -0.39 is 5.97 Å². The Balaban J connectivity index is 2.96. The third kappa shape index (κ3) is 1.62. The molecule has 0 unspecified atom stereocenters. The third-order valence-electron chi connectivity index (χ3n) is 1.19. The first-order valence-electron chi connectivity index (χ1n) is 3.10. The van der Waals surface area contributed by atoms with Crippen LogP contribution in [0.15, 0.2) is 4.60 Å². The van der Waals surface area contributed by atoms with Crippen molar-refractivity contribution in [1.29, 1.82) is 0 Å². The van der Waals surface area contributed by atoms with E-state index in [1.165, 1.54) is 4.68 Å². The standard InChI is InChI=1S/C5H6BrN3O3/c6-4-3(5(11)12)7-8-9(4)1-2-10/h10H,1-2H2,(H,11,12). The van der Waals surface area contributed by atoms with Crippen molar-refractivity contribution in [2.45, 2.75) is 6.54 Å². The van der Waals surface area contributed by atoms with Crippen LogP contribution in [0.4, 0.5) is 0 Å². The maximum absolute atomic E-state index is 10.4. The van der Waals surface area contributed by atoms with Crippen LogP contribution in [-0.4, -0.2) is 37.8 Å². The van der Waals surface area contributed by atoms with Gasteiger partial charge in [0.15, 0.2) is 0 Å². The number of carboxylic acid groups (broad SMARTS) is 1. The minimum Gasteiger partial charge on any atom is -0.476 e. The molecule has 0 spiro atoms. The maximum Gasteiger partial charge on any atom is 0.359 e. The van der Waals surface area contributed by atoms with Crippen LogP contribution >= 0.6 is 15.9 Å². The van der Waals surface area contributed by atoms with Crippen molar-refractivity contribution in [1.82, 2.24) is 15.0 Å². The maximum atomic E-state index is 10.4. The van der Waals surface area contributed by atoms with Gasteiger partial charge in [-0.1, -0.05) is 5.21 Å². The molecule has 0 aliphatic rings. The first kappa shape index (κ1) is 9.14. The number of aromatic carboxylic acids is 1. The Bertz CT molecular complexity index is 298. The molecule has 0 fully saturated rings. The first-order valence-corrected chi connectivity index (χ1v) is 3.89. The van der Waals surface area contributed by atoms with Crippen molar-refractivity contribution in [2.24, 2.45) is 0 Å². The smallest absolute Gasteiger partial charge is 0.359 e. The summed E-state index contributed by atoms with van der Waals surface area (Å²) in [5.41, 5.74) is -0.150. The van der Waals surface area contributed by atoms with Crippen LogP contribution in [0.5, 0.6) is 0 Å². The van der Waals surface area contributed by atoms with Crippen molar-refractivity contribution >= 4 is 21.9 Å². The predicted octanol–water partition coefficient (Wildman–Crippen LogP) is -0.269. The normalized spacial score (nSPS) is 10.2. The molecule has 0 aliphatic carbocycles. The van der Waals surface area contributed by atoms with Crippen LogP contribution in [0.2, 0.25) is 0 Å². The number of halogens is 1. The highest BCUT2D eigenvalue weighted by atomic mass is 79.9. The summed E-state index contributed by atoms with van der Waals surface area (Å²) in [4.78, 5) is 10.4. The number of hydrogen-bond donors (Lipinski definition) is 2. The summed E-state index contributed by atoms with van der Waals surface area (Å²) in [5.74, 6) is -1.15. The molecule has 0 aliphatic heterocycles. The van der Waals surface area contributed by atoms with Gasteiger partial charge in [0.2, 0.25) is 5.69 Å². The minimum atomic E-state index is -1.15. The molecule has 0 saturated heterocycles. The lowest BCUT2D eigenvalue weighted by atomic mass is 10.5. The van der Waals surface area contributed by atoms with Crippen LogP contribution in [0.1, 0.15) is 10.5 Å². The molecule has 1 rings (SSSR count). The van der Waals surface area contributed by atoms with Gasteiger partial charge in [0.05, 0.1) is 13.2 Å². The zero-order chi connectivity index (χ0) is 9.14. The summed E-state index contributed by atoms with van der Waals surface area (Å²) in [6.45, 7) is 0.113. The Labute approximate surface area is 75.9 Å². The molecule has 0 amide bonds. The van der Waals surface area contributed by atoms with E-state index in [0.717, 1.165) is 0 Å². The molecule has 66 valence electrons. The largest absolute Gasteiger partial charge is 0.476 e. The average molecular weight is 236 g/mol. The fraction of sp³-hybridized carbons (Fsp3) is 0.400. The SMILES string of the molecule is O=C(O)c1nnn(CCO)c1Br. The Morgan fingerprint density at radius 3 is 2.75 bits per heavy atom. The molecule has 6 nitrogen and oxygen atoms in total. The van der Waals surface area contributed by atoms with E-state index in [2.05, 4.69) is 26.2 Å². The van der Waals surface area contributed by atoms with Gasteiger partial charge in [-0.2, -0.15) is 0 Å². The van der Waals surface area contributed by atoms with Crippen molar-refractivity contribution in [2.75, 3.05) is 6.61 Å². The van der Waals surface area contributed by atoms with Gasteiger partial charge in [-0.05, 0) is 15.9 Å². The summed E-state index contributed by atoms with van der Waals surface area (Å²) >= 11 is 3.00. The highest BCUT2D eigenvalue weighted by molar-refractivity contribution is 9.10. The molecule has 0 aromatic carbocycles. The van der Waals surface area contributed by atoms with E-state index in [0.29, 0.717) is 0 Å². The van der Waals surface area contributed by atoms with E-state index in [4.69, 9.17) is 10.2 Å². The molecule has 0 atom stereocenters. The summed E-state index contributed by atoms with van der Waals surface area (Å²) in [6.07, 6.45) is 0. The molecule has 1 aromatic heterocycles. The molecular formula is C5H6BrN3O3. The van der Waals surface area contributed by atoms with Crippen LogP contribution in [0, 0.1) is 0 Å². The van der Waals surface area contributed by atoms with Gasteiger partial charge in [-0.3, -0.25) is 0 Å². The highest BCUT2D eigenvalue weighted by Crippen LogP contribution is 2.12. The quantitative estimate of drug-likeness (QED) is 0.754. The van der Waals surface area contributed by atoms with Crippen LogP contribution in [0.3, 0.4) is 0 Å². The van der Waals surface area contributed by atoms with Crippen LogP contribution in [-0.2, 0) is 6.54 Å². The lowest BCUT2D eigenvalue weighted by Gasteiger charge is -1.96. The van der Waals surface area contributed by atoms with E-state index in [-0.39, 0.29) is 23.4 Å². The van der Waals surface area contributed by atoms with E-state index >= 15 is 0 Å². The van der Waals surface area contributed by atoms with Crippen molar-refractivity contribution in [3.05, 3.63) is 10.3 Å². The zero-order valence-corrected chi connectivity index (χ0v) is 7.52. The summed E-state index contributed by atoms with van der Waals surface area (Å²) < 4.78 is 1.53. The fourth-order valence-electron chi connectivity index (χ4n) is 0.670. The number of carboxylic acids is 1. The molecular weight excluding hydrogens is 230 g/mol. The van der Waals surface area contributed by atoms with Gasteiger partial charge in [0.25, 0.3) is 0 Å². The summed E-state index contributed by atoms with van der Waals surface area (Å²) in [6, 6.07) is 0. The number of rotatable bonds is 3. The molecule has 1 heterocycles. The van der Waals surface area contributed by atoms with Gasteiger partial charge >= 0.3 is 5.97 Å². The van der Waals surface area contributed by atoms with Gasteiger partial charge in [0.1, 0.15) is 4.60 Å². The highest BCUT2D eigenvalue weighted by Gasteiger charge is 2.15. The predicted molar refractivity (Wildman–Crippen MR) is 41.8 cm³/mol. The van der Waals surface area contributed by atoms with Crippen molar-refractivity contribution < 1.29 is 15.0 Å². The fourth-order valence-corrected chi connectivity index (χ4v) is 1.17. The molecule has 0 saturated carbocycles. The van der Waals surface area contributed by atoms with Crippen LogP contribution < -0.4 is 0 Å². The lowest BCUT2D eigenvalue weighted by molar-refractivity contribution is 0.0689. The Morgan fingerprint density at radius 2 is 2.33 bits per heavy atom. The Morgan fingerprint density at radius 1 is 1.67 bits per heavy atom. The number of nitrogens with zero attached hydrogens (tertiary/aromatic N) is 3. The van der Waals surface area contributed by atoms with Crippen LogP contribution in [0.25, 0.3) is 0 Å². The lowest BCUT2D eigenvalue weighted by Crippen LogP contribution is -2.04. The van der Waals surface area contributed by atoms with Gasteiger partial charge in [-0.15, -0.1) is 5.10 Å². The number of hydrogen-bond acceptors (Lipinski definition) is 4. The molecule has 12 heavy (non-hydrogen) atoms. The second-order valence-corrected chi connectivity index (χ2v) is 2.73. The number of aliphatic hydroxyl groups excluding tert-OH is 1. The molecule has 0 bridgehead atoms. The van der Waals surface area contributed by atoms with Gasteiger partial charge in [0, 0.05) is 0 Å². The number of carbonyl (C=O) groups is 1. The number of aliphatic hydroxyl groups is 1. The first-order chi connectivity index (χ1) is 5.66. The monoisotopic (exact) mass is 235 g/mol. The minimum absolute atomic E-state index is 0.110. The van der Waals surface area contributed by atoms with Crippen molar-refractivity contribution in [3.8, 4) is 0 Å². The Hall–Kier alpha value is -0.950. The van der Waals surface area contributed by atoms with E-state index in [9.17, 15) is 4.79 Å². The molecule has 2 N–H and O–H groups in total. The van der Waals surface area contributed by atoms with E-state index in [1.54, 1.807) is 0 Å². The third-order valence-corrected chi connectivity index (χ3v) is 1.97. The topological polar surface area (TPSA) is 88.2 Å². The second-order valence-electron chi connectivity index (χ2n) is 1.98. The zero-order valence-electron chi connectivity index (χ0n) is 5.94. The second kappa shape index (κ2) is 3.63. The van der Waals surface area contributed by atoms with E-state index in [1.807, 2.05) is 0 Å². The van der Waals surface area contributed by atoms with Gasteiger partial charge < -0.3 is 10.2 Å².